The van der Waals surface area contributed by atoms with Crippen LogP contribution in [0.3, 0.4) is 0 Å². The molecule has 4 nitrogen and oxygen atoms in total. The van der Waals surface area contributed by atoms with E-state index in [1.54, 1.807) is 14.2 Å². The minimum absolute atomic E-state index is 0.628. The first-order valence-corrected chi connectivity index (χ1v) is 7.77. The van der Waals surface area contributed by atoms with Crippen molar-refractivity contribution >= 4 is 0 Å². The average molecular weight is 314 g/mol. The van der Waals surface area contributed by atoms with Crippen molar-refractivity contribution in [2.24, 2.45) is 0 Å². The van der Waals surface area contributed by atoms with Crippen LogP contribution < -0.4 is 18.9 Å². The number of fused-ring (bicyclic) bond motifs is 3. The van der Waals surface area contributed by atoms with Crippen LogP contribution in [0.2, 0.25) is 0 Å². The summed E-state index contributed by atoms with van der Waals surface area (Å²) in [7, 11) is 3.36. The molecule has 0 saturated carbocycles. The number of aryl methyl sites for hydroxylation is 2. The van der Waals surface area contributed by atoms with Crippen LogP contribution in [0.15, 0.2) is 24.3 Å². The van der Waals surface area contributed by atoms with Gasteiger partial charge < -0.3 is 18.9 Å². The van der Waals surface area contributed by atoms with Crippen molar-refractivity contribution in [2.45, 2.75) is 20.3 Å². The van der Waals surface area contributed by atoms with Crippen molar-refractivity contribution in [3.63, 3.8) is 0 Å². The molecule has 3 rings (SSSR count). The van der Waals surface area contributed by atoms with Gasteiger partial charge in [0.25, 0.3) is 0 Å². The molecule has 1 aliphatic rings. The molecule has 23 heavy (non-hydrogen) atoms. The van der Waals surface area contributed by atoms with Crippen LogP contribution in [-0.2, 0) is 0 Å². The zero-order valence-electron chi connectivity index (χ0n) is 14.1. The third-order valence-corrected chi connectivity index (χ3v) is 4.09. The fraction of sp³-hybridized carbons (Fsp3) is 0.368. The lowest BCUT2D eigenvalue weighted by Crippen LogP contribution is -2.04. The third-order valence-electron chi connectivity index (χ3n) is 4.09. The average Bonchev–Trinajstić information content (AvgIpc) is 2.62. The highest BCUT2D eigenvalue weighted by atomic mass is 16.5. The number of ether oxygens (including phenoxy) is 4. The second-order valence-electron chi connectivity index (χ2n) is 5.69. The molecule has 122 valence electrons. The van der Waals surface area contributed by atoms with Crippen molar-refractivity contribution < 1.29 is 18.9 Å². The topological polar surface area (TPSA) is 36.9 Å². The van der Waals surface area contributed by atoms with Gasteiger partial charge in [-0.1, -0.05) is 0 Å². The van der Waals surface area contributed by atoms with Gasteiger partial charge in [0.2, 0.25) is 0 Å². The summed E-state index contributed by atoms with van der Waals surface area (Å²) in [6.07, 6.45) is 0.842. The Morgan fingerprint density at radius 1 is 0.739 bits per heavy atom. The van der Waals surface area contributed by atoms with Gasteiger partial charge in [-0.25, -0.2) is 0 Å². The number of hydrogen-bond acceptors (Lipinski definition) is 4. The highest BCUT2D eigenvalue weighted by Crippen LogP contribution is 2.43. The molecule has 0 N–H and O–H groups in total. The van der Waals surface area contributed by atoms with Gasteiger partial charge in [-0.3, -0.25) is 0 Å². The number of methoxy groups -OCH3 is 2. The molecule has 0 aliphatic carbocycles. The minimum Gasteiger partial charge on any atom is -0.496 e. The molecular formula is C19H22O4. The lowest BCUT2D eigenvalue weighted by Gasteiger charge is -2.17. The summed E-state index contributed by atoms with van der Waals surface area (Å²) >= 11 is 0. The van der Waals surface area contributed by atoms with E-state index in [4.69, 9.17) is 18.9 Å². The summed E-state index contributed by atoms with van der Waals surface area (Å²) in [5.74, 6) is 3.36. The number of rotatable bonds is 2. The largest absolute Gasteiger partial charge is 0.496 e. The fourth-order valence-electron chi connectivity index (χ4n) is 2.85. The predicted octanol–water partition coefficient (Wildman–Crippen LogP) is 4.15. The van der Waals surface area contributed by atoms with Gasteiger partial charge in [-0.2, -0.15) is 0 Å². The van der Waals surface area contributed by atoms with E-state index in [-0.39, 0.29) is 0 Å². The number of hydrogen-bond donors (Lipinski definition) is 0. The van der Waals surface area contributed by atoms with Crippen molar-refractivity contribution in [3.8, 4) is 34.1 Å². The molecule has 0 amide bonds. The molecular weight excluding hydrogens is 292 g/mol. The van der Waals surface area contributed by atoms with E-state index < -0.39 is 0 Å². The standard InChI is InChI=1S/C19H22O4/c1-12-8-18-14(10-16(12)20-3)15-11-17(21-4)13(2)9-19(15)23-7-5-6-22-18/h8-11H,5-7H2,1-4H3. The maximum Gasteiger partial charge on any atom is 0.127 e. The van der Waals surface area contributed by atoms with Gasteiger partial charge in [0.05, 0.1) is 27.4 Å². The summed E-state index contributed by atoms with van der Waals surface area (Å²) in [5, 5.41) is 0. The van der Waals surface area contributed by atoms with Crippen molar-refractivity contribution in [2.75, 3.05) is 27.4 Å². The monoisotopic (exact) mass is 314 g/mol. The van der Waals surface area contributed by atoms with Gasteiger partial charge in [-0.15, -0.1) is 0 Å². The minimum atomic E-state index is 0.628. The highest BCUT2D eigenvalue weighted by Gasteiger charge is 2.19. The Bertz CT molecular complexity index is 660. The number of benzene rings is 2. The molecule has 0 unspecified atom stereocenters. The van der Waals surface area contributed by atoms with Crippen LogP contribution in [0.4, 0.5) is 0 Å². The fourth-order valence-corrected chi connectivity index (χ4v) is 2.85. The summed E-state index contributed by atoms with van der Waals surface area (Å²) in [5.41, 5.74) is 4.02. The molecule has 0 saturated heterocycles. The molecule has 1 aliphatic heterocycles. The maximum absolute atomic E-state index is 5.97. The first-order chi connectivity index (χ1) is 11.1. The Morgan fingerprint density at radius 2 is 1.17 bits per heavy atom. The van der Waals surface area contributed by atoms with Crippen LogP contribution in [0.1, 0.15) is 17.5 Å². The van der Waals surface area contributed by atoms with E-state index >= 15 is 0 Å². The van der Waals surface area contributed by atoms with E-state index in [1.165, 1.54) is 0 Å². The van der Waals surface area contributed by atoms with Gasteiger partial charge in [0.1, 0.15) is 23.0 Å². The quantitative estimate of drug-likeness (QED) is 0.834. The van der Waals surface area contributed by atoms with Crippen LogP contribution in [0, 0.1) is 13.8 Å². The summed E-state index contributed by atoms with van der Waals surface area (Å²) in [6, 6.07) is 8.06. The molecule has 0 bridgehead atoms. The zero-order valence-corrected chi connectivity index (χ0v) is 14.1. The van der Waals surface area contributed by atoms with Gasteiger partial charge in [0.15, 0.2) is 0 Å². The van der Waals surface area contributed by atoms with E-state index in [1.807, 2.05) is 38.1 Å². The van der Waals surface area contributed by atoms with Gasteiger partial charge >= 0.3 is 0 Å². The Morgan fingerprint density at radius 3 is 1.57 bits per heavy atom. The molecule has 2 aromatic carbocycles. The molecule has 0 atom stereocenters. The second-order valence-corrected chi connectivity index (χ2v) is 5.69. The SMILES string of the molecule is COc1cc2c(cc1C)OCCCOc1cc(C)c(OC)cc1-2. The zero-order chi connectivity index (χ0) is 16.4. The molecule has 0 radical (unpaired) electrons. The molecule has 4 heteroatoms. The van der Waals surface area contributed by atoms with Crippen molar-refractivity contribution in [3.05, 3.63) is 35.4 Å². The predicted molar refractivity (Wildman–Crippen MR) is 90.1 cm³/mol. The Balaban J connectivity index is 2.26. The maximum atomic E-state index is 5.97. The Labute approximate surface area is 136 Å². The van der Waals surface area contributed by atoms with E-state index in [0.717, 1.165) is 51.7 Å². The van der Waals surface area contributed by atoms with E-state index in [0.29, 0.717) is 13.2 Å². The first kappa shape index (κ1) is 15.5. The Kier molecular flexibility index (Phi) is 4.33. The normalized spacial score (nSPS) is 13.4. The molecule has 0 spiro atoms. The van der Waals surface area contributed by atoms with E-state index in [9.17, 15) is 0 Å². The second kappa shape index (κ2) is 6.41. The van der Waals surface area contributed by atoms with Crippen molar-refractivity contribution in [1.82, 2.24) is 0 Å². The summed E-state index contributed by atoms with van der Waals surface area (Å²) < 4.78 is 22.9. The highest BCUT2D eigenvalue weighted by molar-refractivity contribution is 5.79. The molecule has 0 aromatic heterocycles. The van der Waals surface area contributed by atoms with Gasteiger partial charge in [0, 0.05) is 17.5 Å². The summed E-state index contributed by atoms with van der Waals surface area (Å²) in [4.78, 5) is 0. The van der Waals surface area contributed by atoms with Crippen molar-refractivity contribution in [1.29, 1.82) is 0 Å². The Hall–Kier alpha value is -2.36. The third kappa shape index (κ3) is 2.93. The van der Waals surface area contributed by atoms with E-state index in [2.05, 4.69) is 0 Å². The summed E-state index contributed by atoms with van der Waals surface area (Å²) in [6.45, 7) is 5.29. The van der Waals surface area contributed by atoms with Crippen LogP contribution in [-0.4, -0.2) is 27.4 Å². The van der Waals surface area contributed by atoms with Crippen LogP contribution in [0.25, 0.3) is 11.1 Å². The lowest BCUT2D eigenvalue weighted by atomic mass is 9.99. The van der Waals surface area contributed by atoms with Gasteiger partial charge in [-0.05, 0) is 49.2 Å². The van der Waals surface area contributed by atoms with Crippen LogP contribution in [0.5, 0.6) is 23.0 Å². The molecule has 0 fully saturated rings. The van der Waals surface area contributed by atoms with Crippen LogP contribution >= 0.6 is 0 Å². The molecule has 1 heterocycles. The molecule has 2 aromatic rings. The smallest absolute Gasteiger partial charge is 0.127 e. The first-order valence-electron chi connectivity index (χ1n) is 7.77. The lowest BCUT2D eigenvalue weighted by molar-refractivity contribution is 0.252.